The first kappa shape index (κ1) is 14.8. The van der Waals surface area contributed by atoms with Crippen LogP contribution in [0.5, 0.6) is 0 Å². The molecule has 0 aliphatic carbocycles. The third kappa shape index (κ3) is 2.63. The molecule has 0 aliphatic heterocycles. The van der Waals surface area contributed by atoms with Gasteiger partial charge in [-0.2, -0.15) is 0 Å². The highest BCUT2D eigenvalue weighted by Crippen LogP contribution is 2.22. The summed E-state index contributed by atoms with van der Waals surface area (Å²) in [7, 11) is 0. The lowest BCUT2D eigenvalue weighted by molar-refractivity contribution is 0.742. The van der Waals surface area contributed by atoms with E-state index in [4.69, 9.17) is 4.98 Å². The molecule has 3 rings (SSSR count). The van der Waals surface area contributed by atoms with E-state index in [0.29, 0.717) is 0 Å². The Bertz CT molecular complexity index is 790. The lowest BCUT2D eigenvalue weighted by Gasteiger charge is -2.10. The first-order chi connectivity index (χ1) is 10.7. The fourth-order valence-corrected chi connectivity index (χ4v) is 2.74. The molecule has 0 aliphatic rings. The highest BCUT2D eigenvalue weighted by atomic mass is 15.3. The number of benzene rings is 1. The van der Waals surface area contributed by atoms with E-state index in [0.717, 1.165) is 47.7 Å². The van der Waals surface area contributed by atoms with Gasteiger partial charge in [0.2, 0.25) is 5.65 Å². The number of hydrogen-bond acceptors (Lipinski definition) is 4. The molecule has 0 bridgehead atoms. The number of nitrogens with zero attached hydrogens (tertiary/aromatic N) is 4. The minimum atomic E-state index is 0.811. The van der Waals surface area contributed by atoms with Crippen molar-refractivity contribution in [3.8, 4) is 0 Å². The number of hydrogen-bond donors (Lipinski definition) is 1. The summed E-state index contributed by atoms with van der Waals surface area (Å²) in [5.41, 5.74) is 4.16. The Morgan fingerprint density at radius 1 is 1.14 bits per heavy atom. The highest BCUT2D eigenvalue weighted by molar-refractivity contribution is 5.83. The number of aromatic nitrogens is 4. The van der Waals surface area contributed by atoms with Gasteiger partial charge < -0.3 is 5.32 Å². The van der Waals surface area contributed by atoms with Crippen molar-refractivity contribution in [2.45, 2.75) is 46.5 Å². The average molecular weight is 297 g/mol. The van der Waals surface area contributed by atoms with Gasteiger partial charge in [0, 0.05) is 6.54 Å². The van der Waals surface area contributed by atoms with Crippen LogP contribution in [0.2, 0.25) is 0 Å². The van der Waals surface area contributed by atoms with Gasteiger partial charge in [0.25, 0.3) is 0 Å². The van der Waals surface area contributed by atoms with Crippen molar-refractivity contribution in [3.05, 3.63) is 29.6 Å². The van der Waals surface area contributed by atoms with E-state index in [9.17, 15) is 0 Å². The molecular formula is C17H23N5. The fraction of sp³-hybridized carbons (Fsp3) is 0.471. The molecule has 0 unspecified atom stereocenters. The molecule has 3 aromatic rings. The van der Waals surface area contributed by atoms with Crippen LogP contribution in [0.3, 0.4) is 0 Å². The molecule has 2 aromatic heterocycles. The maximum absolute atomic E-state index is 4.79. The van der Waals surface area contributed by atoms with Crippen LogP contribution in [0.15, 0.2) is 18.2 Å². The Morgan fingerprint density at radius 2 is 2.00 bits per heavy atom. The molecule has 2 heterocycles. The third-order valence-electron chi connectivity index (χ3n) is 4.03. The van der Waals surface area contributed by atoms with E-state index < -0.39 is 0 Å². The Morgan fingerprint density at radius 3 is 2.77 bits per heavy atom. The van der Waals surface area contributed by atoms with Gasteiger partial charge in [-0.05, 0) is 37.5 Å². The van der Waals surface area contributed by atoms with E-state index >= 15 is 0 Å². The van der Waals surface area contributed by atoms with Gasteiger partial charge in [0.1, 0.15) is 5.82 Å². The van der Waals surface area contributed by atoms with Gasteiger partial charge in [-0.15, -0.1) is 10.2 Å². The molecule has 116 valence electrons. The summed E-state index contributed by atoms with van der Waals surface area (Å²) in [5, 5.41) is 12.0. The summed E-state index contributed by atoms with van der Waals surface area (Å²) < 4.78 is 2.09. The maximum atomic E-state index is 4.79. The van der Waals surface area contributed by atoms with Crippen molar-refractivity contribution in [1.82, 2.24) is 19.6 Å². The molecule has 22 heavy (non-hydrogen) atoms. The van der Waals surface area contributed by atoms with Crippen LogP contribution in [0.25, 0.3) is 16.7 Å². The zero-order valence-corrected chi connectivity index (χ0v) is 13.6. The smallest absolute Gasteiger partial charge is 0.204 e. The van der Waals surface area contributed by atoms with Crippen molar-refractivity contribution >= 4 is 22.5 Å². The molecule has 0 spiro atoms. The van der Waals surface area contributed by atoms with Crippen LogP contribution < -0.4 is 5.32 Å². The number of fused-ring (bicyclic) bond motifs is 3. The van der Waals surface area contributed by atoms with Crippen LogP contribution in [0.1, 0.15) is 44.5 Å². The van der Waals surface area contributed by atoms with Crippen molar-refractivity contribution in [2.24, 2.45) is 0 Å². The average Bonchev–Trinajstić information content (AvgIpc) is 2.93. The van der Waals surface area contributed by atoms with Crippen molar-refractivity contribution in [1.29, 1.82) is 0 Å². The largest absolute Gasteiger partial charge is 0.367 e. The van der Waals surface area contributed by atoms with Crippen molar-refractivity contribution in [2.75, 3.05) is 11.9 Å². The molecule has 0 fully saturated rings. The van der Waals surface area contributed by atoms with E-state index in [2.05, 4.69) is 52.0 Å². The lowest BCUT2D eigenvalue weighted by atomic mass is 10.1. The van der Waals surface area contributed by atoms with Gasteiger partial charge in [0.05, 0.1) is 11.0 Å². The molecule has 5 heteroatoms. The molecule has 1 N–H and O–H groups in total. The molecule has 5 nitrogen and oxygen atoms in total. The monoisotopic (exact) mass is 297 g/mol. The van der Waals surface area contributed by atoms with Crippen LogP contribution in [-0.2, 0) is 6.42 Å². The number of nitrogens with one attached hydrogen (secondary N) is 1. The van der Waals surface area contributed by atoms with Gasteiger partial charge >= 0.3 is 0 Å². The Kier molecular flexibility index (Phi) is 4.22. The van der Waals surface area contributed by atoms with Crippen LogP contribution in [-0.4, -0.2) is 26.1 Å². The summed E-state index contributed by atoms with van der Waals surface area (Å²) >= 11 is 0. The summed E-state index contributed by atoms with van der Waals surface area (Å²) in [6.07, 6.45) is 4.59. The van der Waals surface area contributed by atoms with E-state index in [1.165, 1.54) is 18.4 Å². The number of unbranched alkanes of at least 4 members (excludes halogenated alkanes) is 2. The maximum Gasteiger partial charge on any atom is 0.204 e. The minimum Gasteiger partial charge on any atom is -0.367 e. The van der Waals surface area contributed by atoms with Crippen LogP contribution >= 0.6 is 0 Å². The summed E-state index contributed by atoms with van der Waals surface area (Å²) in [6, 6.07) is 6.42. The molecule has 0 atom stereocenters. The number of aryl methyl sites for hydroxylation is 2. The third-order valence-corrected chi connectivity index (χ3v) is 4.03. The summed E-state index contributed by atoms with van der Waals surface area (Å²) in [4.78, 5) is 4.79. The van der Waals surface area contributed by atoms with Gasteiger partial charge in [-0.3, -0.25) is 4.40 Å². The van der Waals surface area contributed by atoms with E-state index in [-0.39, 0.29) is 0 Å². The number of anilines is 1. The summed E-state index contributed by atoms with van der Waals surface area (Å²) in [5.74, 6) is 1.72. The summed E-state index contributed by atoms with van der Waals surface area (Å²) in [6.45, 7) is 7.27. The second-order valence-corrected chi connectivity index (χ2v) is 5.68. The predicted molar refractivity (Wildman–Crippen MR) is 90.4 cm³/mol. The Labute approximate surface area is 130 Å². The molecule has 0 amide bonds. The van der Waals surface area contributed by atoms with Crippen molar-refractivity contribution < 1.29 is 0 Å². The van der Waals surface area contributed by atoms with Crippen molar-refractivity contribution in [3.63, 3.8) is 0 Å². The zero-order chi connectivity index (χ0) is 15.5. The van der Waals surface area contributed by atoms with Gasteiger partial charge in [-0.1, -0.05) is 32.8 Å². The Hall–Kier alpha value is -2.17. The normalized spacial score (nSPS) is 11.4. The van der Waals surface area contributed by atoms with Gasteiger partial charge in [0.15, 0.2) is 5.82 Å². The molecule has 0 saturated heterocycles. The first-order valence-corrected chi connectivity index (χ1v) is 8.12. The van der Waals surface area contributed by atoms with Crippen LogP contribution in [0, 0.1) is 6.92 Å². The van der Waals surface area contributed by atoms with E-state index in [1.54, 1.807) is 0 Å². The standard InChI is InChI=1S/C17H23N5/c1-4-6-7-10-18-16-17-21-20-12(3)22(17)15-9-8-13(5-2)11-14(15)19-16/h8-9,11H,4-7,10H2,1-3H3,(H,18,19). The number of rotatable bonds is 6. The topological polar surface area (TPSA) is 55.1 Å². The molecule has 0 saturated carbocycles. The lowest BCUT2D eigenvalue weighted by Crippen LogP contribution is -2.07. The SMILES string of the molecule is CCCCCNc1nc2cc(CC)ccc2n2c(C)nnc12. The quantitative estimate of drug-likeness (QED) is 0.704. The first-order valence-electron chi connectivity index (χ1n) is 8.12. The second kappa shape index (κ2) is 6.30. The second-order valence-electron chi connectivity index (χ2n) is 5.68. The molecule has 0 radical (unpaired) electrons. The van der Waals surface area contributed by atoms with Gasteiger partial charge in [-0.25, -0.2) is 4.98 Å². The Balaban J connectivity index is 2.08. The van der Waals surface area contributed by atoms with Crippen LogP contribution in [0.4, 0.5) is 5.82 Å². The minimum absolute atomic E-state index is 0.811. The molecular weight excluding hydrogens is 274 g/mol. The zero-order valence-electron chi connectivity index (χ0n) is 13.6. The fourth-order valence-electron chi connectivity index (χ4n) is 2.74. The highest BCUT2D eigenvalue weighted by Gasteiger charge is 2.12. The molecule has 1 aromatic carbocycles. The van der Waals surface area contributed by atoms with E-state index in [1.807, 2.05) is 6.92 Å². The predicted octanol–water partition coefficient (Wildman–Crippen LogP) is 3.75.